The number of ether oxygens (including phenoxy) is 1. The summed E-state index contributed by atoms with van der Waals surface area (Å²) in [6.07, 6.45) is 5.43. The second-order valence-electron chi connectivity index (χ2n) is 12.3. The third kappa shape index (κ3) is 5.04. The number of hydrogen-bond acceptors (Lipinski definition) is 8. The molecule has 0 N–H and O–H groups in total. The van der Waals surface area contributed by atoms with Crippen molar-refractivity contribution in [3.05, 3.63) is 46.6 Å². The van der Waals surface area contributed by atoms with Crippen molar-refractivity contribution in [1.82, 2.24) is 24.7 Å². The normalized spacial score (nSPS) is 26.9. The van der Waals surface area contributed by atoms with Gasteiger partial charge in [-0.25, -0.2) is 0 Å². The molecule has 6 rings (SSSR count). The fourth-order valence-electron chi connectivity index (χ4n) is 7.59. The van der Waals surface area contributed by atoms with Crippen molar-refractivity contribution in [1.29, 1.82) is 5.26 Å². The fraction of sp³-hybridized carbons (Fsp3) is 0.613. The Hall–Kier alpha value is -3.22. The molecule has 0 saturated carbocycles. The zero-order valence-corrected chi connectivity index (χ0v) is 24.1. The van der Waals surface area contributed by atoms with Crippen LogP contribution in [0, 0.1) is 11.3 Å². The zero-order chi connectivity index (χ0) is 27.9. The van der Waals surface area contributed by atoms with E-state index >= 15 is 0 Å². The predicted octanol–water partition coefficient (Wildman–Crippen LogP) is 2.77. The van der Waals surface area contributed by atoms with E-state index < -0.39 is 0 Å². The molecule has 9 nitrogen and oxygen atoms in total. The third-order valence-electron chi connectivity index (χ3n) is 9.60. The van der Waals surface area contributed by atoms with Gasteiger partial charge in [0.05, 0.1) is 24.2 Å². The molecule has 1 aromatic carbocycles. The molecule has 3 aliphatic heterocycles. The molecule has 1 aromatic heterocycles. The summed E-state index contributed by atoms with van der Waals surface area (Å²) in [5, 5.41) is 9.49. The Morgan fingerprint density at radius 2 is 2.02 bits per heavy atom. The maximum absolute atomic E-state index is 12.3. The van der Waals surface area contributed by atoms with E-state index in [1.54, 1.807) is 6.92 Å². The molecular weight excluding hydrogens is 502 g/mol. The average Bonchev–Trinajstić information content (AvgIpc) is 3.35. The first-order valence-electron chi connectivity index (χ1n) is 14.8. The van der Waals surface area contributed by atoms with Gasteiger partial charge in [-0.3, -0.25) is 4.79 Å². The Morgan fingerprint density at radius 3 is 2.80 bits per heavy atom. The molecule has 9 heteroatoms. The molecule has 2 aromatic rings. The number of likely N-dealkylation sites (tertiary alicyclic amines) is 1. The Kier molecular flexibility index (Phi) is 7.41. The van der Waals surface area contributed by atoms with Crippen LogP contribution in [-0.4, -0.2) is 96.1 Å². The molecule has 4 heterocycles. The van der Waals surface area contributed by atoms with E-state index in [2.05, 4.69) is 59.1 Å². The van der Waals surface area contributed by atoms with E-state index in [0.717, 1.165) is 56.8 Å². The lowest BCUT2D eigenvalue weighted by Gasteiger charge is -2.46. The van der Waals surface area contributed by atoms with Crippen LogP contribution in [0.25, 0.3) is 0 Å². The molecule has 3 atom stereocenters. The number of carbonyl (C=O) groups excluding carboxylic acids is 1. The maximum atomic E-state index is 12.3. The van der Waals surface area contributed by atoms with Gasteiger partial charge in [0, 0.05) is 63.1 Å². The van der Waals surface area contributed by atoms with Crippen molar-refractivity contribution in [3.63, 3.8) is 0 Å². The maximum Gasteiger partial charge on any atom is 0.318 e. The van der Waals surface area contributed by atoms with Crippen LogP contribution in [-0.2, 0) is 29.6 Å². The predicted molar refractivity (Wildman–Crippen MR) is 153 cm³/mol. The van der Waals surface area contributed by atoms with Crippen molar-refractivity contribution in [2.75, 3.05) is 58.3 Å². The van der Waals surface area contributed by atoms with Crippen molar-refractivity contribution in [3.8, 4) is 12.1 Å². The number of amides is 1. The number of anilines is 1. The summed E-state index contributed by atoms with van der Waals surface area (Å²) in [7, 11) is 4.37. The number of likely N-dealkylation sites (N-methyl/N-ethyl adjacent to an activating group) is 2. The number of piperazine rings is 1. The van der Waals surface area contributed by atoms with Crippen LogP contribution in [0.4, 0.5) is 5.82 Å². The molecule has 2 saturated heterocycles. The topological polar surface area (TPSA) is 88.8 Å². The number of rotatable bonds is 5. The number of nitrogens with zero attached hydrogens (tertiary/aromatic N) is 7. The molecule has 1 aliphatic carbocycles. The minimum absolute atomic E-state index is 0.0157. The van der Waals surface area contributed by atoms with Crippen LogP contribution >= 0.6 is 0 Å². The Balaban J connectivity index is 1.36. The summed E-state index contributed by atoms with van der Waals surface area (Å²) >= 11 is 0. The molecule has 0 radical (unpaired) electrons. The highest BCUT2D eigenvalue weighted by molar-refractivity contribution is 5.74. The van der Waals surface area contributed by atoms with Gasteiger partial charge >= 0.3 is 6.01 Å². The Labute approximate surface area is 237 Å². The van der Waals surface area contributed by atoms with Crippen LogP contribution in [0.2, 0.25) is 0 Å². The number of carbonyl (C=O) groups is 1. The first-order valence-corrected chi connectivity index (χ1v) is 14.8. The second kappa shape index (κ2) is 11.0. The summed E-state index contributed by atoms with van der Waals surface area (Å²) in [5.74, 6) is 0.953. The van der Waals surface area contributed by atoms with Crippen molar-refractivity contribution < 1.29 is 9.53 Å². The number of nitriles is 1. The minimum atomic E-state index is -0.146. The van der Waals surface area contributed by atoms with Gasteiger partial charge in [-0.05, 0) is 57.5 Å². The number of fused-ring (bicyclic) bond motifs is 3. The Morgan fingerprint density at radius 1 is 1.18 bits per heavy atom. The molecule has 40 heavy (non-hydrogen) atoms. The van der Waals surface area contributed by atoms with E-state index in [-0.39, 0.29) is 17.4 Å². The van der Waals surface area contributed by atoms with Gasteiger partial charge in [0.25, 0.3) is 0 Å². The van der Waals surface area contributed by atoms with Gasteiger partial charge in [0.2, 0.25) is 5.91 Å². The van der Waals surface area contributed by atoms with E-state index in [9.17, 15) is 10.1 Å². The number of benzene rings is 1. The smallest absolute Gasteiger partial charge is 0.318 e. The van der Waals surface area contributed by atoms with E-state index in [1.807, 2.05) is 4.90 Å². The monoisotopic (exact) mass is 543 g/mol. The van der Waals surface area contributed by atoms with Crippen molar-refractivity contribution in [2.24, 2.45) is 0 Å². The van der Waals surface area contributed by atoms with Crippen LogP contribution in [0.5, 0.6) is 6.01 Å². The first kappa shape index (κ1) is 27.0. The van der Waals surface area contributed by atoms with Gasteiger partial charge < -0.3 is 24.3 Å². The largest absolute Gasteiger partial charge is 0.462 e. The quantitative estimate of drug-likeness (QED) is 0.569. The zero-order valence-electron chi connectivity index (χ0n) is 24.1. The Bertz CT molecular complexity index is 1310. The molecule has 4 aliphatic rings. The molecular formula is C31H41N7O2. The number of aromatic nitrogens is 2. The molecule has 2 fully saturated rings. The van der Waals surface area contributed by atoms with Gasteiger partial charge in [0.15, 0.2) is 0 Å². The molecule has 0 bridgehead atoms. The molecule has 1 spiro atoms. The van der Waals surface area contributed by atoms with E-state index in [4.69, 9.17) is 14.7 Å². The van der Waals surface area contributed by atoms with Crippen LogP contribution in [0.3, 0.4) is 0 Å². The summed E-state index contributed by atoms with van der Waals surface area (Å²) in [6.45, 7) is 7.13. The summed E-state index contributed by atoms with van der Waals surface area (Å²) in [5.41, 5.74) is 5.17. The minimum Gasteiger partial charge on any atom is -0.462 e. The molecule has 1 unspecified atom stereocenters. The van der Waals surface area contributed by atoms with Crippen molar-refractivity contribution >= 4 is 11.7 Å². The fourth-order valence-corrected chi connectivity index (χ4v) is 7.59. The lowest BCUT2D eigenvalue weighted by molar-refractivity contribution is -0.131. The second-order valence-corrected chi connectivity index (χ2v) is 12.3. The molecule has 1 amide bonds. The van der Waals surface area contributed by atoms with Gasteiger partial charge in [-0.2, -0.15) is 15.2 Å². The van der Waals surface area contributed by atoms with Gasteiger partial charge in [0.1, 0.15) is 12.4 Å². The van der Waals surface area contributed by atoms with Gasteiger partial charge in [-0.15, -0.1) is 0 Å². The first-order chi connectivity index (χ1) is 19.4. The van der Waals surface area contributed by atoms with Crippen LogP contribution in [0.15, 0.2) is 24.3 Å². The van der Waals surface area contributed by atoms with Crippen LogP contribution < -0.4 is 9.64 Å². The van der Waals surface area contributed by atoms with E-state index in [1.165, 1.54) is 23.1 Å². The highest BCUT2D eigenvalue weighted by Gasteiger charge is 2.43. The third-order valence-corrected chi connectivity index (χ3v) is 9.60. The number of hydrogen-bond donors (Lipinski definition) is 0. The average molecular weight is 544 g/mol. The SMILES string of the molecule is CC(=O)N1CCN(c2nc(OC[C@@H]3CCCN3C)nc3c2CCC2(C3)CN(C)Cc3ccccc32)C[C@@H]1CC#N. The summed E-state index contributed by atoms with van der Waals surface area (Å²) in [4.78, 5) is 31.3. The van der Waals surface area contributed by atoms with Crippen LogP contribution in [0.1, 0.15) is 55.0 Å². The summed E-state index contributed by atoms with van der Waals surface area (Å²) in [6, 6.07) is 11.9. The van der Waals surface area contributed by atoms with Crippen molar-refractivity contribution in [2.45, 2.75) is 69.5 Å². The van der Waals surface area contributed by atoms with E-state index in [0.29, 0.717) is 44.7 Å². The highest BCUT2D eigenvalue weighted by Crippen LogP contribution is 2.45. The summed E-state index contributed by atoms with van der Waals surface area (Å²) < 4.78 is 6.34. The van der Waals surface area contributed by atoms with Gasteiger partial charge in [-0.1, -0.05) is 24.3 Å². The molecule has 212 valence electrons. The lowest BCUT2D eigenvalue weighted by Crippen LogP contribution is -2.55. The standard InChI is InChI=1S/C31H41N7O2/c1-22(39)38-16-15-37(19-24(38)11-13-32)29-26-10-12-31(21-35(2)18-23-7-4-5-9-27(23)31)17-28(26)33-30(34-29)40-20-25-8-6-14-36(25)3/h4-5,7,9,24-25H,6,8,10-12,14-21H2,1-3H3/t24-,25-,31?/m0/s1. The lowest BCUT2D eigenvalue weighted by atomic mass is 9.65. The highest BCUT2D eigenvalue weighted by atomic mass is 16.5.